The number of hydrazine groups is 1. The number of furan rings is 1. The summed E-state index contributed by atoms with van der Waals surface area (Å²) in [5.74, 6) is 5.21. The van der Waals surface area contributed by atoms with Crippen molar-refractivity contribution < 1.29 is 18.3 Å². The van der Waals surface area contributed by atoms with Gasteiger partial charge < -0.3 is 9.15 Å². The van der Waals surface area contributed by atoms with Crippen molar-refractivity contribution in [1.29, 1.82) is 0 Å². The van der Waals surface area contributed by atoms with Gasteiger partial charge in [0.2, 0.25) is 0 Å². The van der Waals surface area contributed by atoms with Gasteiger partial charge in [0.25, 0.3) is 0 Å². The summed E-state index contributed by atoms with van der Waals surface area (Å²) in [4.78, 5) is 11.4. The van der Waals surface area contributed by atoms with Crippen molar-refractivity contribution in [2.45, 2.75) is 20.5 Å². The number of rotatable bonds is 4. The molecule has 0 atom stereocenters. The maximum absolute atomic E-state index is 13.1. The first-order valence-electron chi connectivity index (χ1n) is 6.00. The summed E-state index contributed by atoms with van der Waals surface area (Å²) in [6.07, 6.45) is 0. The van der Waals surface area contributed by atoms with Gasteiger partial charge >= 0.3 is 5.91 Å². The number of nitrogens with two attached hydrogens (primary N) is 1. The molecule has 3 N–H and O–H groups in total. The highest BCUT2D eigenvalue weighted by atomic mass is 19.1. The third-order valence-electron chi connectivity index (χ3n) is 2.83. The van der Waals surface area contributed by atoms with Gasteiger partial charge in [0.05, 0.1) is 0 Å². The van der Waals surface area contributed by atoms with Crippen molar-refractivity contribution in [3.8, 4) is 5.75 Å². The van der Waals surface area contributed by atoms with Crippen molar-refractivity contribution in [2.24, 2.45) is 5.84 Å². The summed E-state index contributed by atoms with van der Waals surface area (Å²) in [5, 5.41) is 0. The number of benzene rings is 1. The third kappa shape index (κ3) is 2.97. The number of ether oxygens (including phenoxy) is 1. The number of nitrogens with one attached hydrogen (secondary N) is 1. The number of hydrogen-bond donors (Lipinski definition) is 2. The maximum atomic E-state index is 13.1. The maximum Gasteiger partial charge on any atom is 0.301 e. The van der Waals surface area contributed by atoms with Gasteiger partial charge in [0.1, 0.15) is 23.9 Å². The quantitative estimate of drug-likeness (QED) is 0.510. The van der Waals surface area contributed by atoms with Crippen LogP contribution in [-0.4, -0.2) is 5.91 Å². The van der Waals surface area contributed by atoms with Crippen LogP contribution in [0.4, 0.5) is 4.39 Å². The zero-order chi connectivity index (χ0) is 14.7. The van der Waals surface area contributed by atoms with Crippen molar-refractivity contribution in [1.82, 2.24) is 5.43 Å². The van der Waals surface area contributed by atoms with Crippen LogP contribution >= 0.6 is 0 Å². The fraction of sp³-hybridized carbons (Fsp3) is 0.214. The zero-order valence-corrected chi connectivity index (χ0v) is 11.2. The van der Waals surface area contributed by atoms with Crippen LogP contribution in [0, 0.1) is 19.7 Å². The van der Waals surface area contributed by atoms with E-state index in [4.69, 9.17) is 15.0 Å². The van der Waals surface area contributed by atoms with Gasteiger partial charge in [-0.15, -0.1) is 0 Å². The minimum atomic E-state index is -0.504. The minimum Gasteiger partial charge on any atom is -0.485 e. The van der Waals surface area contributed by atoms with Crippen molar-refractivity contribution in [2.75, 3.05) is 0 Å². The zero-order valence-electron chi connectivity index (χ0n) is 11.2. The molecule has 6 heteroatoms. The van der Waals surface area contributed by atoms with Crippen molar-refractivity contribution in [3.63, 3.8) is 0 Å². The van der Waals surface area contributed by atoms with Gasteiger partial charge in [-0.3, -0.25) is 10.2 Å². The summed E-state index contributed by atoms with van der Waals surface area (Å²) in [6, 6.07) is 5.98. The van der Waals surface area contributed by atoms with Crippen molar-refractivity contribution >= 4 is 5.91 Å². The van der Waals surface area contributed by atoms with Gasteiger partial charge in [-0.1, -0.05) is 6.07 Å². The van der Waals surface area contributed by atoms with Crippen molar-refractivity contribution in [3.05, 3.63) is 52.7 Å². The average Bonchev–Trinajstić information content (AvgIpc) is 2.80. The summed E-state index contributed by atoms with van der Waals surface area (Å²) in [5.41, 5.74) is 3.47. The molecule has 2 aromatic rings. The SMILES string of the molecule is Cc1ccc(F)cc1OCc1cc(C)c(C(=O)NN)o1. The van der Waals surface area contributed by atoms with Gasteiger partial charge in [0, 0.05) is 11.6 Å². The number of aryl methyl sites for hydroxylation is 2. The Bertz CT molecular complexity index is 637. The number of carbonyl (C=O) groups is 1. The van der Waals surface area contributed by atoms with Crippen LogP contribution in [0.1, 0.15) is 27.4 Å². The third-order valence-corrected chi connectivity index (χ3v) is 2.83. The van der Waals surface area contributed by atoms with Crippen LogP contribution in [0.25, 0.3) is 0 Å². The Balaban J connectivity index is 2.11. The molecular weight excluding hydrogens is 263 g/mol. The molecule has 0 spiro atoms. The lowest BCUT2D eigenvalue weighted by atomic mass is 10.2. The first-order chi connectivity index (χ1) is 9.51. The molecule has 0 aliphatic rings. The van der Waals surface area contributed by atoms with E-state index in [2.05, 4.69) is 0 Å². The van der Waals surface area contributed by atoms with Gasteiger partial charge in [-0.25, -0.2) is 10.2 Å². The Morgan fingerprint density at radius 2 is 2.10 bits per heavy atom. The molecular formula is C14H15FN2O3. The van der Waals surface area contributed by atoms with E-state index in [1.54, 1.807) is 19.1 Å². The van der Waals surface area contributed by atoms with Crippen LogP contribution in [-0.2, 0) is 6.61 Å². The van der Waals surface area contributed by atoms with Crippen LogP contribution in [0.2, 0.25) is 0 Å². The molecule has 0 radical (unpaired) electrons. The number of halogens is 1. The second-order valence-corrected chi connectivity index (χ2v) is 4.40. The number of amides is 1. The largest absolute Gasteiger partial charge is 0.485 e. The van der Waals surface area contributed by atoms with Crippen LogP contribution in [0.5, 0.6) is 5.75 Å². The minimum absolute atomic E-state index is 0.100. The normalized spacial score (nSPS) is 10.4. The van der Waals surface area contributed by atoms with E-state index in [1.807, 2.05) is 12.3 Å². The Kier molecular flexibility index (Phi) is 4.05. The Hall–Kier alpha value is -2.34. The molecule has 0 fully saturated rings. The van der Waals surface area contributed by atoms with E-state index in [9.17, 15) is 9.18 Å². The highest BCUT2D eigenvalue weighted by Crippen LogP contribution is 2.21. The Morgan fingerprint density at radius 1 is 1.35 bits per heavy atom. The van der Waals surface area contributed by atoms with E-state index in [1.165, 1.54) is 12.1 Å². The molecule has 106 valence electrons. The van der Waals surface area contributed by atoms with E-state index >= 15 is 0 Å². The van der Waals surface area contributed by atoms with Crippen LogP contribution in [0.3, 0.4) is 0 Å². The highest BCUT2D eigenvalue weighted by molar-refractivity contribution is 5.92. The molecule has 1 amide bonds. The van der Waals surface area contributed by atoms with Crippen LogP contribution < -0.4 is 16.0 Å². The topological polar surface area (TPSA) is 77.5 Å². The predicted molar refractivity (Wildman–Crippen MR) is 70.6 cm³/mol. The number of nitrogen functional groups attached to an aromatic ring is 1. The average molecular weight is 278 g/mol. The standard InChI is InChI=1S/C14H15FN2O3/c1-8-3-4-10(15)6-12(8)19-7-11-5-9(2)13(20-11)14(18)17-16/h3-6H,7,16H2,1-2H3,(H,17,18). The lowest BCUT2D eigenvalue weighted by Crippen LogP contribution is -2.30. The Labute approximate surface area is 115 Å². The molecule has 0 saturated carbocycles. The first kappa shape index (κ1) is 14.1. The van der Waals surface area contributed by atoms with Crippen LogP contribution in [0.15, 0.2) is 28.7 Å². The smallest absolute Gasteiger partial charge is 0.301 e. The predicted octanol–water partition coefficient (Wildman–Crippen LogP) is 2.22. The molecule has 0 bridgehead atoms. The molecule has 0 unspecified atom stereocenters. The fourth-order valence-corrected chi connectivity index (χ4v) is 1.79. The summed E-state index contributed by atoms with van der Waals surface area (Å²) in [6.45, 7) is 3.64. The van der Waals surface area contributed by atoms with Gasteiger partial charge in [-0.2, -0.15) is 0 Å². The van der Waals surface area contributed by atoms with E-state index in [-0.39, 0.29) is 18.2 Å². The lowest BCUT2D eigenvalue weighted by Gasteiger charge is -2.07. The molecule has 2 rings (SSSR count). The van der Waals surface area contributed by atoms with E-state index in [0.29, 0.717) is 17.1 Å². The number of carbonyl (C=O) groups excluding carboxylic acids is 1. The van der Waals surface area contributed by atoms with E-state index < -0.39 is 5.91 Å². The first-order valence-corrected chi connectivity index (χ1v) is 6.00. The monoisotopic (exact) mass is 278 g/mol. The summed E-state index contributed by atoms with van der Waals surface area (Å²) >= 11 is 0. The molecule has 1 heterocycles. The van der Waals surface area contributed by atoms with Gasteiger partial charge in [-0.05, 0) is 31.5 Å². The molecule has 0 aliphatic carbocycles. The second-order valence-electron chi connectivity index (χ2n) is 4.40. The second kappa shape index (κ2) is 5.75. The summed E-state index contributed by atoms with van der Waals surface area (Å²) < 4.78 is 24.0. The van der Waals surface area contributed by atoms with E-state index in [0.717, 1.165) is 5.56 Å². The highest BCUT2D eigenvalue weighted by Gasteiger charge is 2.15. The Morgan fingerprint density at radius 3 is 2.80 bits per heavy atom. The molecule has 1 aromatic heterocycles. The lowest BCUT2D eigenvalue weighted by molar-refractivity contribution is 0.0921. The fourth-order valence-electron chi connectivity index (χ4n) is 1.79. The molecule has 0 saturated heterocycles. The number of hydrogen-bond acceptors (Lipinski definition) is 4. The molecule has 20 heavy (non-hydrogen) atoms. The molecule has 1 aromatic carbocycles. The summed E-state index contributed by atoms with van der Waals surface area (Å²) in [7, 11) is 0. The molecule has 5 nitrogen and oxygen atoms in total. The van der Waals surface area contributed by atoms with Gasteiger partial charge in [0.15, 0.2) is 5.76 Å². The molecule has 0 aliphatic heterocycles.